The summed E-state index contributed by atoms with van der Waals surface area (Å²) >= 11 is 0. The van der Waals surface area contributed by atoms with Crippen molar-refractivity contribution in [3.05, 3.63) is 160 Å². The third-order valence-corrected chi connectivity index (χ3v) is 6.56. The van der Waals surface area contributed by atoms with Gasteiger partial charge in [0.25, 0.3) is 5.91 Å². The molecule has 0 atom stereocenters. The minimum Gasteiger partial charge on any atom is -0.402 e. The second-order valence-electron chi connectivity index (χ2n) is 10.5. The fraction of sp³-hybridized carbons (Fsp3) is 0.184. The highest BCUT2D eigenvalue weighted by Gasteiger charge is 2.17. The smallest absolute Gasteiger partial charge is 0.256 e. The van der Waals surface area contributed by atoms with Crippen LogP contribution in [-0.2, 0) is 17.6 Å². The Morgan fingerprint density at radius 3 is 2.42 bits per heavy atom. The van der Waals surface area contributed by atoms with Gasteiger partial charge >= 0.3 is 0 Å². The Morgan fingerprint density at radius 2 is 1.74 bits per heavy atom. The van der Waals surface area contributed by atoms with Crippen molar-refractivity contribution < 1.29 is 9.59 Å². The number of pyridine rings is 1. The van der Waals surface area contributed by atoms with Crippen molar-refractivity contribution in [3.8, 4) is 0 Å². The van der Waals surface area contributed by atoms with Gasteiger partial charge in [-0.05, 0) is 64.5 Å². The van der Waals surface area contributed by atoms with E-state index in [1.165, 1.54) is 0 Å². The zero-order chi connectivity index (χ0) is 31.4. The molecule has 5 heteroatoms. The molecule has 43 heavy (non-hydrogen) atoms. The van der Waals surface area contributed by atoms with E-state index in [0.717, 1.165) is 27.6 Å². The van der Waals surface area contributed by atoms with Crippen molar-refractivity contribution >= 4 is 22.6 Å². The number of aryl methyl sites for hydroxylation is 1. The second-order valence-corrected chi connectivity index (χ2v) is 10.5. The molecule has 220 valence electrons. The van der Waals surface area contributed by atoms with Crippen LogP contribution in [0.3, 0.4) is 0 Å². The summed E-state index contributed by atoms with van der Waals surface area (Å²) in [5.74, 6) is -0.298. The molecule has 0 saturated carbocycles. The summed E-state index contributed by atoms with van der Waals surface area (Å²) < 4.78 is 0. The van der Waals surface area contributed by atoms with Gasteiger partial charge in [-0.2, -0.15) is 0 Å². The summed E-state index contributed by atoms with van der Waals surface area (Å²) in [4.78, 5) is 32.2. The van der Waals surface area contributed by atoms with E-state index < -0.39 is 0 Å². The number of hydrogen-bond acceptors (Lipinski definition) is 4. The topological polar surface area (TPSA) is 85.1 Å². The van der Waals surface area contributed by atoms with Crippen LogP contribution in [0, 0.1) is 6.92 Å². The molecule has 0 spiro atoms. The number of carbonyl (C=O) groups is 2. The number of nitrogens with one attached hydrogen (secondary N) is 1. The van der Waals surface area contributed by atoms with Crippen molar-refractivity contribution in [1.82, 2.24) is 10.3 Å². The third kappa shape index (κ3) is 9.50. The SMILES string of the molecule is C=C(C)/C=C(\C=C/C)NC(=O)C(=C/Cc1cc(C(=O)Cc2cccc(C)c2)c2ccccc2n1)/C(/C=C\C=C/C)=C(/C)N. The molecule has 2 aromatic carbocycles. The molecule has 0 unspecified atom stereocenters. The Morgan fingerprint density at radius 1 is 0.977 bits per heavy atom. The van der Waals surface area contributed by atoms with Gasteiger partial charge < -0.3 is 11.1 Å². The molecular formula is C38H41N3O2. The maximum atomic E-state index is 13.7. The molecule has 1 amide bonds. The average molecular weight is 572 g/mol. The number of nitrogens with two attached hydrogens (primary N) is 1. The van der Waals surface area contributed by atoms with Crippen molar-refractivity contribution in [2.24, 2.45) is 5.73 Å². The maximum absolute atomic E-state index is 13.7. The minimum atomic E-state index is -0.313. The first-order valence-corrected chi connectivity index (χ1v) is 14.4. The van der Waals surface area contributed by atoms with Gasteiger partial charge in [0.1, 0.15) is 0 Å². The molecule has 0 fully saturated rings. The van der Waals surface area contributed by atoms with Crippen molar-refractivity contribution in [1.29, 1.82) is 0 Å². The lowest BCUT2D eigenvalue weighted by atomic mass is 9.96. The van der Waals surface area contributed by atoms with Gasteiger partial charge in [0.15, 0.2) is 5.78 Å². The minimum absolute atomic E-state index is 0.0148. The quantitative estimate of drug-likeness (QED) is 0.131. The Hall–Kier alpha value is -5.03. The van der Waals surface area contributed by atoms with Crippen LogP contribution in [0.4, 0.5) is 0 Å². The molecule has 0 radical (unpaired) electrons. The molecule has 3 rings (SSSR count). The van der Waals surface area contributed by atoms with Gasteiger partial charge in [-0.15, -0.1) is 0 Å². The summed E-state index contributed by atoms with van der Waals surface area (Å²) in [6.07, 6.45) is 15.3. The van der Waals surface area contributed by atoms with E-state index in [2.05, 4.69) is 11.9 Å². The van der Waals surface area contributed by atoms with Crippen LogP contribution in [0.15, 0.2) is 138 Å². The number of hydrogen-bond donors (Lipinski definition) is 2. The number of para-hydroxylation sites is 1. The van der Waals surface area contributed by atoms with Crippen molar-refractivity contribution in [3.63, 3.8) is 0 Å². The number of Topliss-reactive ketones (excluding diaryl/α,β-unsaturated/α-hetero) is 1. The zero-order valence-electron chi connectivity index (χ0n) is 25.8. The van der Waals surface area contributed by atoms with Crippen LogP contribution in [-0.4, -0.2) is 16.7 Å². The van der Waals surface area contributed by atoms with Crippen LogP contribution < -0.4 is 11.1 Å². The highest BCUT2D eigenvalue weighted by Crippen LogP contribution is 2.23. The van der Waals surface area contributed by atoms with Gasteiger partial charge in [0.05, 0.1) is 5.52 Å². The Kier molecular flexibility index (Phi) is 12.0. The second kappa shape index (κ2) is 15.8. The van der Waals surface area contributed by atoms with E-state index in [-0.39, 0.29) is 18.1 Å². The summed E-state index contributed by atoms with van der Waals surface area (Å²) in [7, 11) is 0. The fourth-order valence-electron chi connectivity index (χ4n) is 4.67. The van der Waals surface area contributed by atoms with Crippen LogP contribution >= 0.6 is 0 Å². The Labute approximate surface area is 255 Å². The number of amides is 1. The van der Waals surface area contributed by atoms with Crippen molar-refractivity contribution in [2.75, 3.05) is 0 Å². The van der Waals surface area contributed by atoms with E-state index in [9.17, 15) is 9.59 Å². The molecule has 0 saturated heterocycles. The lowest BCUT2D eigenvalue weighted by Gasteiger charge is -2.14. The highest BCUT2D eigenvalue weighted by atomic mass is 16.1. The van der Waals surface area contributed by atoms with Crippen LogP contribution in [0.1, 0.15) is 54.9 Å². The number of benzene rings is 2. The van der Waals surface area contributed by atoms with Crippen LogP contribution in [0.5, 0.6) is 0 Å². The normalized spacial score (nSPS) is 13.2. The monoisotopic (exact) mass is 571 g/mol. The van der Waals surface area contributed by atoms with Crippen LogP contribution in [0.2, 0.25) is 0 Å². The first kappa shape index (κ1) is 32.5. The number of nitrogens with zero attached hydrogens (tertiary/aromatic N) is 1. The first-order chi connectivity index (χ1) is 20.6. The molecule has 0 aliphatic carbocycles. The summed E-state index contributed by atoms with van der Waals surface area (Å²) in [5.41, 5.74) is 13.3. The number of allylic oxidation sites excluding steroid dienone is 10. The predicted molar refractivity (Wildman–Crippen MR) is 179 cm³/mol. The van der Waals surface area contributed by atoms with Crippen LogP contribution in [0.25, 0.3) is 10.9 Å². The maximum Gasteiger partial charge on any atom is 0.256 e. The summed E-state index contributed by atoms with van der Waals surface area (Å²) in [6, 6.07) is 17.5. The Bertz CT molecular complexity index is 1690. The summed E-state index contributed by atoms with van der Waals surface area (Å²) in [6.45, 7) is 13.4. The van der Waals surface area contributed by atoms with Gasteiger partial charge in [-0.25, -0.2) is 0 Å². The number of aromatic nitrogens is 1. The Balaban J connectivity index is 2.09. The van der Waals surface area contributed by atoms with E-state index in [1.807, 2.05) is 125 Å². The molecule has 0 aliphatic rings. The van der Waals surface area contributed by atoms with E-state index >= 15 is 0 Å². The molecule has 1 aromatic heterocycles. The summed E-state index contributed by atoms with van der Waals surface area (Å²) in [5, 5.41) is 3.80. The largest absolute Gasteiger partial charge is 0.402 e. The number of fused-ring (bicyclic) bond motifs is 1. The highest BCUT2D eigenvalue weighted by molar-refractivity contribution is 6.08. The standard InChI is InChI=1S/C38H41N3O2/c1-7-9-10-17-32(28(6)39)34(38(43)41-30(14-8-2)22-26(3)4)21-20-31-25-35(33-18-11-12-19-36(33)40-31)37(42)24-29-16-13-15-27(5)23-29/h7-19,21-23,25H,3,20,24,39H2,1-2,4-6H3,(H,41,43)/b9-7-,14-8-,17-10-,30-22+,32-28-,34-21+. The van der Waals surface area contributed by atoms with E-state index in [4.69, 9.17) is 10.7 Å². The van der Waals surface area contributed by atoms with E-state index in [1.54, 1.807) is 13.0 Å². The first-order valence-electron chi connectivity index (χ1n) is 14.4. The fourth-order valence-corrected chi connectivity index (χ4v) is 4.67. The molecule has 1 heterocycles. The molecule has 0 bridgehead atoms. The van der Waals surface area contributed by atoms with Gasteiger partial charge in [-0.3, -0.25) is 14.6 Å². The third-order valence-electron chi connectivity index (χ3n) is 6.56. The molecule has 0 aliphatic heterocycles. The zero-order valence-corrected chi connectivity index (χ0v) is 25.8. The number of rotatable bonds is 12. The molecule has 5 nitrogen and oxygen atoms in total. The predicted octanol–water partition coefficient (Wildman–Crippen LogP) is 7.95. The lowest BCUT2D eigenvalue weighted by Crippen LogP contribution is -2.25. The number of carbonyl (C=O) groups excluding carboxylic acids is 2. The molecule has 3 N–H and O–H groups in total. The van der Waals surface area contributed by atoms with Gasteiger partial charge in [-0.1, -0.05) is 96.6 Å². The number of ketones is 1. The van der Waals surface area contributed by atoms with Gasteiger partial charge in [0.2, 0.25) is 0 Å². The molecule has 3 aromatic rings. The lowest BCUT2D eigenvalue weighted by molar-refractivity contribution is -0.116. The average Bonchev–Trinajstić information content (AvgIpc) is 2.95. The van der Waals surface area contributed by atoms with Crippen molar-refractivity contribution in [2.45, 2.75) is 47.5 Å². The molecular weight excluding hydrogens is 530 g/mol. The van der Waals surface area contributed by atoms with Gasteiger partial charge in [0, 0.05) is 52.0 Å². The van der Waals surface area contributed by atoms with E-state index in [0.29, 0.717) is 40.2 Å².